The van der Waals surface area contributed by atoms with Crippen molar-refractivity contribution in [1.29, 1.82) is 0 Å². The lowest BCUT2D eigenvalue weighted by Gasteiger charge is -2.46. The van der Waals surface area contributed by atoms with E-state index in [-0.39, 0.29) is 0 Å². The molecule has 2 aromatic rings. The Morgan fingerprint density at radius 3 is 2.33 bits per heavy atom. The first-order valence-corrected chi connectivity index (χ1v) is 8.82. The van der Waals surface area contributed by atoms with Gasteiger partial charge in [0.2, 0.25) is 5.91 Å². The van der Waals surface area contributed by atoms with E-state index < -0.39 is 36.1 Å². The maximum Gasteiger partial charge on any atom is 0.326 e. The highest BCUT2D eigenvalue weighted by atomic mass is 16.2. The van der Waals surface area contributed by atoms with Gasteiger partial charge in [0, 0.05) is 6.54 Å². The van der Waals surface area contributed by atoms with Crippen LogP contribution in [0.5, 0.6) is 0 Å². The molecule has 138 valence electrons. The Balaban J connectivity index is 1.68. The zero-order chi connectivity index (χ0) is 19.0. The lowest BCUT2D eigenvalue weighted by atomic mass is 9.85. The van der Waals surface area contributed by atoms with Crippen LogP contribution in [0.2, 0.25) is 0 Å². The highest BCUT2D eigenvalue weighted by Gasteiger charge is 2.49. The van der Waals surface area contributed by atoms with E-state index in [2.05, 4.69) is 16.0 Å². The number of carbonyl (C=O) groups excluding carboxylic acids is 3. The van der Waals surface area contributed by atoms with Crippen molar-refractivity contribution in [1.82, 2.24) is 20.9 Å². The number of hydrogen-bond donors (Lipinski definition) is 3. The van der Waals surface area contributed by atoms with Crippen LogP contribution in [0.15, 0.2) is 54.6 Å². The zero-order valence-corrected chi connectivity index (χ0v) is 14.8. The molecule has 2 aliphatic rings. The summed E-state index contributed by atoms with van der Waals surface area (Å²) in [5.74, 6) is -1.03. The molecule has 4 rings (SSSR count). The zero-order valence-electron chi connectivity index (χ0n) is 14.8. The average Bonchev–Trinajstić information content (AvgIpc) is 2.65. The van der Waals surface area contributed by atoms with Gasteiger partial charge >= 0.3 is 12.1 Å². The molecule has 0 bridgehead atoms. The fourth-order valence-electron chi connectivity index (χ4n) is 3.65. The van der Waals surface area contributed by atoms with Crippen LogP contribution in [-0.2, 0) is 11.3 Å². The molecule has 2 aromatic carbocycles. The van der Waals surface area contributed by atoms with Crippen molar-refractivity contribution in [2.75, 3.05) is 0 Å². The molecule has 7 heteroatoms. The summed E-state index contributed by atoms with van der Waals surface area (Å²) in [5.41, 5.74) is 2.83. The number of hydrogen-bond acceptors (Lipinski definition) is 3. The van der Waals surface area contributed by atoms with Crippen LogP contribution in [0.1, 0.15) is 22.7 Å². The third-order valence-corrected chi connectivity index (χ3v) is 5.03. The standard InChI is InChI=1S/C20H20N4O3/c1-12-7-9-14(10-8-12)16-15-17(22-19(26)21-16)24(20(27)23-18(15)25)11-13-5-3-2-4-6-13/h2-10,15-17H,11H2,1H3,(H2,21,22,26)(H,23,25,27). The minimum atomic E-state index is -0.716. The molecule has 0 aromatic heterocycles. The van der Waals surface area contributed by atoms with E-state index in [1.165, 1.54) is 4.90 Å². The first-order valence-electron chi connectivity index (χ1n) is 8.82. The number of urea groups is 2. The van der Waals surface area contributed by atoms with Gasteiger partial charge in [-0.2, -0.15) is 0 Å². The number of rotatable bonds is 3. The van der Waals surface area contributed by atoms with Crippen LogP contribution in [-0.4, -0.2) is 29.0 Å². The van der Waals surface area contributed by atoms with Gasteiger partial charge in [0.25, 0.3) is 0 Å². The topological polar surface area (TPSA) is 90.5 Å². The van der Waals surface area contributed by atoms with Gasteiger partial charge in [-0.1, -0.05) is 60.2 Å². The predicted octanol–water partition coefficient (Wildman–Crippen LogP) is 2.04. The summed E-state index contributed by atoms with van der Waals surface area (Å²) in [6, 6.07) is 15.7. The van der Waals surface area contributed by atoms with Gasteiger partial charge < -0.3 is 10.6 Å². The van der Waals surface area contributed by atoms with Crippen LogP contribution in [0, 0.1) is 12.8 Å². The summed E-state index contributed by atoms with van der Waals surface area (Å²) < 4.78 is 0. The number of benzene rings is 2. The van der Waals surface area contributed by atoms with E-state index in [9.17, 15) is 14.4 Å². The molecule has 3 atom stereocenters. The van der Waals surface area contributed by atoms with Crippen LogP contribution < -0.4 is 16.0 Å². The predicted molar refractivity (Wildman–Crippen MR) is 98.4 cm³/mol. The van der Waals surface area contributed by atoms with E-state index in [4.69, 9.17) is 0 Å². The van der Waals surface area contributed by atoms with Crippen molar-refractivity contribution < 1.29 is 14.4 Å². The van der Waals surface area contributed by atoms with Gasteiger partial charge in [0.15, 0.2) is 0 Å². The van der Waals surface area contributed by atoms with Gasteiger partial charge in [-0.3, -0.25) is 15.0 Å². The van der Waals surface area contributed by atoms with Gasteiger partial charge in [0.05, 0.1) is 6.04 Å². The quantitative estimate of drug-likeness (QED) is 0.778. The number of fused-ring (bicyclic) bond motifs is 1. The molecule has 0 spiro atoms. The lowest BCUT2D eigenvalue weighted by molar-refractivity contribution is -0.130. The highest BCUT2D eigenvalue weighted by Crippen LogP contribution is 2.32. The summed E-state index contributed by atoms with van der Waals surface area (Å²) in [6.07, 6.45) is -0.716. The number of aryl methyl sites for hydroxylation is 1. The third-order valence-electron chi connectivity index (χ3n) is 5.03. The molecule has 2 aliphatic heterocycles. The van der Waals surface area contributed by atoms with Crippen LogP contribution in [0.4, 0.5) is 9.59 Å². The normalized spacial score (nSPS) is 24.6. The van der Waals surface area contributed by atoms with E-state index in [1.807, 2.05) is 61.5 Å². The van der Waals surface area contributed by atoms with E-state index in [1.54, 1.807) is 0 Å². The third kappa shape index (κ3) is 3.23. The molecular weight excluding hydrogens is 344 g/mol. The number of nitrogens with zero attached hydrogens (tertiary/aromatic N) is 1. The maximum absolute atomic E-state index is 12.6. The monoisotopic (exact) mass is 364 g/mol. The second kappa shape index (κ2) is 6.75. The van der Waals surface area contributed by atoms with E-state index in [0.29, 0.717) is 6.54 Å². The summed E-state index contributed by atoms with van der Waals surface area (Å²) in [4.78, 5) is 38.9. The molecule has 2 heterocycles. The molecule has 2 fully saturated rings. The summed E-state index contributed by atoms with van der Waals surface area (Å²) in [6.45, 7) is 2.27. The minimum Gasteiger partial charge on any atom is -0.330 e. The Morgan fingerprint density at radius 1 is 0.926 bits per heavy atom. The van der Waals surface area contributed by atoms with Gasteiger partial charge in [-0.15, -0.1) is 0 Å². The molecular formula is C20H20N4O3. The Labute approximate surface area is 156 Å². The second-order valence-corrected chi connectivity index (χ2v) is 6.88. The number of nitrogens with one attached hydrogen (secondary N) is 3. The Hall–Kier alpha value is -3.35. The molecule has 2 saturated heterocycles. The van der Waals surface area contributed by atoms with Crippen molar-refractivity contribution in [3.63, 3.8) is 0 Å². The molecule has 3 unspecified atom stereocenters. The largest absolute Gasteiger partial charge is 0.330 e. The summed E-state index contributed by atoms with van der Waals surface area (Å²) >= 11 is 0. The molecule has 0 saturated carbocycles. The number of carbonyl (C=O) groups is 3. The fourth-order valence-corrected chi connectivity index (χ4v) is 3.65. The van der Waals surface area contributed by atoms with Crippen LogP contribution in [0.3, 0.4) is 0 Å². The fraction of sp³-hybridized carbons (Fsp3) is 0.250. The SMILES string of the molecule is Cc1ccc(C2NC(=O)NC3C2C(=O)NC(=O)N3Cc2ccccc2)cc1. The lowest BCUT2D eigenvalue weighted by Crippen LogP contribution is -2.71. The van der Waals surface area contributed by atoms with Gasteiger partial charge in [0.1, 0.15) is 12.1 Å². The van der Waals surface area contributed by atoms with Crippen molar-refractivity contribution in [3.05, 3.63) is 71.3 Å². The summed E-state index contributed by atoms with van der Waals surface area (Å²) in [7, 11) is 0. The Morgan fingerprint density at radius 2 is 1.63 bits per heavy atom. The average molecular weight is 364 g/mol. The van der Waals surface area contributed by atoms with Crippen molar-refractivity contribution in [2.45, 2.75) is 25.7 Å². The van der Waals surface area contributed by atoms with E-state index >= 15 is 0 Å². The first-order chi connectivity index (χ1) is 13.0. The molecule has 0 radical (unpaired) electrons. The van der Waals surface area contributed by atoms with Crippen molar-refractivity contribution in [3.8, 4) is 0 Å². The number of imide groups is 1. The molecule has 0 aliphatic carbocycles. The minimum absolute atomic E-state index is 0.294. The number of amides is 5. The first kappa shape index (κ1) is 17.1. The van der Waals surface area contributed by atoms with Gasteiger partial charge in [-0.05, 0) is 18.1 Å². The molecule has 7 nitrogen and oxygen atoms in total. The summed E-state index contributed by atoms with van der Waals surface area (Å²) in [5, 5.41) is 8.02. The highest BCUT2D eigenvalue weighted by molar-refractivity contribution is 6.00. The van der Waals surface area contributed by atoms with Crippen molar-refractivity contribution in [2.24, 2.45) is 5.92 Å². The Bertz CT molecular complexity index is 882. The molecule has 27 heavy (non-hydrogen) atoms. The molecule has 3 N–H and O–H groups in total. The van der Waals surface area contributed by atoms with Crippen molar-refractivity contribution >= 4 is 18.0 Å². The second-order valence-electron chi connectivity index (χ2n) is 6.88. The Kier molecular flexibility index (Phi) is 4.27. The smallest absolute Gasteiger partial charge is 0.326 e. The maximum atomic E-state index is 12.6. The molecule has 5 amide bonds. The van der Waals surface area contributed by atoms with Gasteiger partial charge in [-0.25, -0.2) is 9.59 Å². The van der Waals surface area contributed by atoms with E-state index in [0.717, 1.165) is 16.7 Å². The van der Waals surface area contributed by atoms with Crippen LogP contribution >= 0.6 is 0 Å². The van der Waals surface area contributed by atoms with Crippen LogP contribution in [0.25, 0.3) is 0 Å².